The second kappa shape index (κ2) is 5.86. The summed E-state index contributed by atoms with van der Waals surface area (Å²) in [5, 5.41) is 0. The summed E-state index contributed by atoms with van der Waals surface area (Å²) in [6.07, 6.45) is 4.19. The fourth-order valence-corrected chi connectivity index (χ4v) is 1.93. The largest absolute Gasteiger partial charge is 0.296 e. The van der Waals surface area contributed by atoms with Gasteiger partial charge in [-0.3, -0.25) is 4.90 Å². The van der Waals surface area contributed by atoms with Crippen molar-refractivity contribution in [3.8, 4) is 0 Å². The number of hydrogen-bond donors (Lipinski definition) is 0. The molecule has 0 fully saturated rings. The van der Waals surface area contributed by atoms with E-state index in [9.17, 15) is 0 Å². The van der Waals surface area contributed by atoms with Crippen molar-refractivity contribution in [2.45, 2.75) is 38.8 Å². The van der Waals surface area contributed by atoms with Gasteiger partial charge in [-0.15, -0.1) is 6.58 Å². The van der Waals surface area contributed by atoms with Crippen LogP contribution in [0.25, 0.3) is 0 Å². The van der Waals surface area contributed by atoms with Crippen LogP contribution in [0, 0.1) is 0 Å². The Morgan fingerprint density at radius 3 is 2.44 bits per heavy atom. The lowest BCUT2D eigenvalue weighted by Gasteiger charge is -2.37. The molecular formula is C15H23N. The van der Waals surface area contributed by atoms with Crippen molar-refractivity contribution in [1.82, 2.24) is 4.90 Å². The Balaban J connectivity index is 2.69. The number of nitrogens with zero attached hydrogens (tertiary/aromatic N) is 1. The van der Waals surface area contributed by atoms with Crippen LogP contribution >= 0.6 is 0 Å². The first-order chi connectivity index (χ1) is 7.62. The fraction of sp³-hybridized carbons (Fsp3) is 0.467. The van der Waals surface area contributed by atoms with Gasteiger partial charge in [0, 0.05) is 12.1 Å². The van der Waals surface area contributed by atoms with Crippen molar-refractivity contribution in [1.29, 1.82) is 0 Å². The topological polar surface area (TPSA) is 3.24 Å². The monoisotopic (exact) mass is 217 g/mol. The second-order valence-electron chi connectivity index (χ2n) is 4.68. The molecule has 1 aromatic carbocycles. The third-order valence-corrected chi connectivity index (χ3v) is 3.53. The van der Waals surface area contributed by atoms with Crippen LogP contribution in [0.3, 0.4) is 0 Å². The van der Waals surface area contributed by atoms with Gasteiger partial charge in [-0.2, -0.15) is 0 Å². The second-order valence-corrected chi connectivity index (χ2v) is 4.68. The van der Waals surface area contributed by atoms with Gasteiger partial charge in [-0.25, -0.2) is 0 Å². The van der Waals surface area contributed by atoms with Crippen LogP contribution in [-0.4, -0.2) is 17.5 Å². The molecule has 1 rings (SSSR count). The predicted octanol–water partition coefficient (Wildman–Crippen LogP) is 3.86. The van der Waals surface area contributed by atoms with E-state index in [2.05, 4.69) is 62.7 Å². The Morgan fingerprint density at radius 2 is 1.94 bits per heavy atom. The van der Waals surface area contributed by atoms with Crippen LogP contribution in [-0.2, 0) is 6.54 Å². The summed E-state index contributed by atoms with van der Waals surface area (Å²) in [7, 11) is 2.19. The third-order valence-electron chi connectivity index (χ3n) is 3.53. The summed E-state index contributed by atoms with van der Waals surface area (Å²) >= 11 is 0. The van der Waals surface area contributed by atoms with Gasteiger partial charge in [0.25, 0.3) is 0 Å². The molecule has 0 spiro atoms. The van der Waals surface area contributed by atoms with E-state index in [1.165, 1.54) is 5.56 Å². The first kappa shape index (κ1) is 13.0. The minimum Gasteiger partial charge on any atom is -0.296 e. The quantitative estimate of drug-likeness (QED) is 0.654. The van der Waals surface area contributed by atoms with Crippen molar-refractivity contribution in [2.24, 2.45) is 0 Å². The van der Waals surface area contributed by atoms with Gasteiger partial charge in [-0.05, 0) is 32.4 Å². The zero-order chi connectivity index (χ0) is 12.0. The molecule has 0 saturated heterocycles. The molecule has 0 heterocycles. The van der Waals surface area contributed by atoms with Crippen LogP contribution in [0.4, 0.5) is 0 Å². The summed E-state index contributed by atoms with van der Waals surface area (Å²) in [6.45, 7) is 9.40. The van der Waals surface area contributed by atoms with Gasteiger partial charge in [0.1, 0.15) is 0 Å². The van der Waals surface area contributed by atoms with E-state index in [4.69, 9.17) is 0 Å². The zero-order valence-electron chi connectivity index (χ0n) is 10.7. The lowest BCUT2D eigenvalue weighted by molar-refractivity contribution is 0.126. The van der Waals surface area contributed by atoms with E-state index in [1.807, 2.05) is 6.08 Å². The molecule has 0 saturated carbocycles. The highest BCUT2D eigenvalue weighted by molar-refractivity contribution is 5.14. The predicted molar refractivity (Wildman–Crippen MR) is 71.4 cm³/mol. The lowest BCUT2D eigenvalue weighted by Crippen LogP contribution is -2.42. The molecule has 0 amide bonds. The maximum atomic E-state index is 3.86. The van der Waals surface area contributed by atoms with Crippen LogP contribution in [0.5, 0.6) is 0 Å². The first-order valence-electron chi connectivity index (χ1n) is 5.98. The Hall–Kier alpha value is -1.08. The molecule has 88 valence electrons. The average Bonchev–Trinajstić information content (AvgIpc) is 2.30. The van der Waals surface area contributed by atoms with Gasteiger partial charge in [0.05, 0.1) is 0 Å². The van der Waals surface area contributed by atoms with Crippen LogP contribution in [0.15, 0.2) is 43.0 Å². The van der Waals surface area contributed by atoms with E-state index < -0.39 is 0 Å². The van der Waals surface area contributed by atoms with E-state index >= 15 is 0 Å². The SMILES string of the molecule is C=CCC(C)(CC)N(C)Cc1ccccc1. The van der Waals surface area contributed by atoms with E-state index in [0.717, 1.165) is 19.4 Å². The average molecular weight is 217 g/mol. The highest BCUT2D eigenvalue weighted by Gasteiger charge is 2.25. The number of hydrogen-bond acceptors (Lipinski definition) is 1. The standard InChI is InChI=1S/C15H23N/c1-5-12-15(3,6-2)16(4)13-14-10-8-7-9-11-14/h5,7-11H,1,6,12-13H2,2-4H3. The summed E-state index contributed by atoms with van der Waals surface area (Å²) in [5.41, 5.74) is 1.59. The summed E-state index contributed by atoms with van der Waals surface area (Å²) in [5.74, 6) is 0. The van der Waals surface area contributed by atoms with Crippen molar-refractivity contribution in [3.63, 3.8) is 0 Å². The molecule has 1 unspecified atom stereocenters. The summed E-state index contributed by atoms with van der Waals surface area (Å²) in [6, 6.07) is 10.6. The molecule has 0 radical (unpaired) electrons. The van der Waals surface area contributed by atoms with Gasteiger partial charge < -0.3 is 0 Å². The van der Waals surface area contributed by atoms with Crippen LogP contribution in [0.1, 0.15) is 32.3 Å². The lowest BCUT2D eigenvalue weighted by atomic mass is 9.92. The van der Waals surface area contributed by atoms with Crippen molar-refractivity contribution < 1.29 is 0 Å². The van der Waals surface area contributed by atoms with Gasteiger partial charge in [0.2, 0.25) is 0 Å². The van der Waals surface area contributed by atoms with E-state index in [-0.39, 0.29) is 5.54 Å². The minimum atomic E-state index is 0.220. The van der Waals surface area contributed by atoms with Gasteiger partial charge in [-0.1, -0.05) is 43.3 Å². The normalized spacial score (nSPS) is 14.8. The van der Waals surface area contributed by atoms with Gasteiger partial charge in [0.15, 0.2) is 0 Å². The summed E-state index contributed by atoms with van der Waals surface area (Å²) < 4.78 is 0. The smallest absolute Gasteiger partial charge is 0.0236 e. The van der Waals surface area contributed by atoms with Crippen molar-refractivity contribution >= 4 is 0 Å². The molecule has 0 aliphatic carbocycles. The summed E-state index contributed by atoms with van der Waals surface area (Å²) in [4.78, 5) is 2.42. The Labute approximate surface area is 99.8 Å². The minimum absolute atomic E-state index is 0.220. The Kier molecular flexibility index (Phi) is 4.75. The molecule has 0 aliphatic rings. The van der Waals surface area contributed by atoms with Crippen molar-refractivity contribution in [2.75, 3.05) is 7.05 Å². The molecule has 1 aromatic rings. The molecule has 16 heavy (non-hydrogen) atoms. The highest BCUT2D eigenvalue weighted by atomic mass is 15.2. The highest BCUT2D eigenvalue weighted by Crippen LogP contribution is 2.24. The van der Waals surface area contributed by atoms with Crippen LogP contribution < -0.4 is 0 Å². The maximum absolute atomic E-state index is 3.86. The molecule has 0 aromatic heterocycles. The fourth-order valence-electron chi connectivity index (χ4n) is 1.93. The molecule has 1 nitrogen and oxygen atoms in total. The van der Waals surface area contributed by atoms with Gasteiger partial charge >= 0.3 is 0 Å². The first-order valence-corrected chi connectivity index (χ1v) is 5.98. The van der Waals surface area contributed by atoms with E-state index in [0.29, 0.717) is 0 Å². The molecule has 1 atom stereocenters. The zero-order valence-corrected chi connectivity index (χ0v) is 10.7. The van der Waals surface area contributed by atoms with Crippen LogP contribution in [0.2, 0.25) is 0 Å². The van der Waals surface area contributed by atoms with Crippen molar-refractivity contribution in [3.05, 3.63) is 48.6 Å². The Morgan fingerprint density at radius 1 is 1.31 bits per heavy atom. The molecule has 0 aliphatic heterocycles. The molecule has 0 N–H and O–H groups in total. The molecular weight excluding hydrogens is 194 g/mol. The molecule has 0 bridgehead atoms. The van der Waals surface area contributed by atoms with E-state index in [1.54, 1.807) is 0 Å². The molecule has 1 heteroatoms. The Bertz CT molecular complexity index is 317. The maximum Gasteiger partial charge on any atom is 0.0236 e. The number of rotatable bonds is 6. The third kappa shape index (κ3) is 3.21. The number of benzene rings is 1.